The van der Waals surface area contributed by atoms with Crippen LogP contribution >= 0.6 is 0 Å². The summed E-state index contributed by atoms with van der Waals surface area (Å²) in [6, 6.07) is 3.80. The molecule has 0 unspecified atom stereocenters. The zero-order chi connectivity index (χ0) is 24.2. The summed E-state index contributed by atoms with van der Waals surface area (Å²) in [4.78, 5) is 31.3. The first kappa shape index (κ1) is 21.7. The van der Waals surface area contributed by atoms with Gasteiger partial charge in [-0.2, -0.15) is 0 Å². The number of phenolic OH excluding ortho intramolecular Hbond substituents is 1. The smallest absolute Gasteiger partial charge is 0.240 e. The molecule has 4 heterocycles. The number of aromatic nitrogens is 5. The molecule has 0 aliphatic carbocycles. The Morgan fingerprint density at radius 3 is 2.79 bits per heavy atom. The van der Waals surface area contributed by atoms with Crippen molar-refractivity contribution in [3.8, 4) is 17.3 Å². The van der Waals surface area contributed by atoms with Crippen LogP contribution in [-0.2, 0) is 16.6 Å². The predicted octanol–water partition coefficient (Wildman–Crippen LogP) is 3.46. The standard InChI is InChI=1S/C24H24FN7O2/c1-12(2)4-6-15-22-27-8-9-32(22)11-16(28-15)20-29-19(26)18-21(30-20)31-23(34)24(18,3)13-5-7-17(33)14(25)10-13/h5,7-12,33H,4,6H2,1-3H3,(H3,26,29,30,31,34)/t24-/m0/s1. The van der Waals surface area contributed by atoms with Gasteiger partial charge in [0.15, 0.2) is 23.0 Å². The van der Waals surface area contributed by atoms with Gasteiger partial charge in [-0.1, -0.05) is 19.9 Å². The maximum atomic E-state index is 14.1. The van der Waals surface area contributed by atoms with Crippen LogP contribution < -0.4 is 11.1 Å². The number of phenols is 1. The van der Waals surface area contributed by atoms with Gasteiger partial charge in [0.1, 0.15) is 22.7 Å². The zero-order valence-electron chi connectivity index (χ0n) is 19.0. The molecule has 1 aromatic carbocycles. The molecule has 3 aromatic heterocycles. The topological polar surface area (TPSA) is 131 Å². The van der Waals surface area contributed by atoms with Crippen molar-refractivity contribution in [2.75, 3.05) is 11.1 Å². The average molecular weight is 462 g/mol. The van der Waals surface area contributed by atoms with Crippen molar-refractivity contribution >= 4 is 23.2 Å². The highest BCUT2D eigenvalue weighted by atomic mass is 19.1. The summed E-state index contributed by atoms with van der Waals surface area (Å²) >= 11 is 0. The van der Waals surface area contributed by atoms with Gasteiger partial charge in [0.05, 0.1) is 11.3 Å². The van der Waals surface area contributed by atoms with Gasteiger partial charge in [-0.05, 0) is 43.4 Å². The number of halogens is 1. The number of nitrogens with one attached hydrogen (secondary N) is 1. The van der Waals surface area contributed by atoms with Gasteiger partial charge in [-0.25, -0.2) is 24.3 Å². The lowest BCUT2D eigenvalue weighted by atomic mass is 9.77. The van der Waals surface area contributed by atoms with Gasteiger partial charge >= 0.3 is 0 Å². The Balaban J connectivity index is 1.62. The molecule has 10 heteroatoms. The van der Waals surface area contributed by atoms with E-state index in [1.54, 1.807) is 19.3 Å². The van der Waals surface area contributed by atoms with Crippen molar-refractivity contribution in [2.45, 2.75) is 39.0 Å². The normalized spacial score (nSPS) is 17.4. The number of nitrogen functional groups attached to an aromatic ring is 1. The number of hydrogen-bond donors (Lipinski definition) is 3. The second kappa shape index (κ2) is 7.75. The van der Waals surface area contributed by atoms with E-state index in [-0.39, 0.29) is 17.5 Å². The first-order valence-electron chi connectivity index (χ1n) is 11.0. The molecule has 4 aromatic rings. The van der Waals surface area contributed by atoms with Crippen LogP contribution in [0.1, 0.15) is 44.0 Å². The minimum atomic E-state index is -1.32. The number of nitrogens with two attached hydrogens (primary N) is 1. The van der Waals surface area contributed by atoms with Crippen molar-refractivity contribution in [2.24, 2.45) is 5.92 Å². The van der Waals surface area contributed by atoms with E-state index < -0.39 is 22.9 Å². The van der Waals surface area contributed by atoms with Crippen LogP contribution in [-0.4, -0.2) is 35.4 Å². The summed E-state index contributed by atoms with van der Waals surface area (Å²) in [5.74, 6) is -0.640. The molecular weight excluding hydrogens is 437 g/mol. The maximum Gasteiger partial charge on any atom is 0.240 e. The molecule has 0 saturated heterocycles. The number of amides is 1. The molecule has 34 heavy (non-hydrogen) atoms. The lowest BCUT2D eigenvalue weighted by molar-refractivity contribution is -0.119. The Kier molecular flexibility index (Phi) is 4.96. The van der Waals surface area contributed by atoms with Crippen molar-refractivity contribution in [1.29, 1.82) is 0 Å². The van der Waals surface area contributed by atoms with Crippen LogP contribution in [0.2, 0.25) is 0 Å². The van der Waals surface area contributed by atoms with E-state index >= 15 is 0 Å². The van der Waals surface area contributed by atoms with Crippen molar-refractivity contribution in [1.82, 2.24) is 24.3 Å². The molecule has 0 radical (unpaired) electrons. The second-order valence-corrected chi connectivity index (χ2v) is 9.06. The number of rotatable bonds is 5. The number of nitrogens with zero attached hydrogens (tertiary/aromatic N) is 5. The second-order valence-electron chi connectivity index (χ2n) is 9.06. The molecule has 0 saturated carbocycles. The van der Waals surface area contributed by atoms with Gasteiger partial charge in [0, 0.05) is 18.6 Å². The highest BCUT2D eigenvalue weighted by Gasteiger charge is 2.48. The molecule has 5 rings (SSSR count). The van der Waals surface area contributed by atoms with E-state index in [0.29, 0.717) is 22.7 Å². The SMILES string of the molecule is CC(C)CCc1nc(-c2nc(N)c3c(n2)NC(=O)[C@@]3(C)c2ccc(O)c(F)c2)cn2ccnc12. The first-order valence-corrected chi connectivity index (χ1v) is 11.0. The van der Waals surface area contributed by atoms with Gasteiger partial charge in [0.2, 0.25) is 5.91 Å². The zero-order valence-corrected chi connectivity index (χ0v) is 19.0. The number of carbonyl (C=O) groups excluding carboxylic acids is 1. The fourth-order valence-corrected chi connectivity index (χ4v) is 4.31. The summed E-state index contributed by atoms with van der Waals surface area (Å²) < 4.78 is 16.0. The highest BCUT2D eigenvalue weighted by molar-refractivity contribution is 6.09. The Bertz CT molecular complexity index is 1450. The number of hydrogen-bond acceptors (Lipinski definition) is 7. The van der Waals surface area contributed by atoms with Crippen LogP contribution in [0.3, 0.4) is 0 Å². The van der Waals surface area contributed by atoms with Crippen LogP contribution in [0.15, 0.2) is 36.8 Å². The lowest BCUT2D eigenvalue weighted by Gasteiger charge is -2.23. The largest absolute Gasteiger partial charge is 0.505 e. The molecule has 9 nitrogen and oxygen atoms in total. The minimum absolute atomic E-state index is 0.0885. The molecule has 1 aliphatic heterocycles. The lowest BCUT2D eigenvalue weighted by Crippen LogP contribution is -2.33. The summed E-state index contributed by atoms with van der Waals surface area (Å²) in [5, 5.41) is 12.3. The molecular formula is C24H24FN7O2. The molecule has 0 bridgehead atoms. The van der Waals surface area contributed by atoms with Gasteiger partial charge in [-0.15, -0.1) is 0 Å². The number of imidazole rings is 1. The monoisotopic (exact) mass is 461 g/mol. The number of aryl methyl sites for hydroxylation is 1. The third kappa shape index (κ3) is 3.33. The molecule has 1 aliphatic rings. The van der Waals surface area contributed by atoms with Crippen molar-refractivity contribution in [3.63, 3.8) is 0 Å². The van der Waals surface area contributed by atoms with E-state index in [0.717, 1.165) is 30.2 Å². The van der Waals surface area contributed by atoms with E-state index in [4.69, 9.17) is 10.7 Å². The Morgan fingerprint density at radius 2 is 2.06 bits per heavy atom. The predicted molar refractivity (Wildman–Crippen MR) is 125 cm³/mol. The van der Waals surface area contributed by atoms with E-state index in [1.165, 1.54) is 12.1 Å². The van der Waals surface area contributed by atoms with Gasteiger partial charge < -0.3 is 20.6 Å². The maximum absolute atomic E-state index is 14.1. The third-order valence-corrected chi connectivity index (χ3v) is 6.28. The fraction of sp³-hybridized carbons (Fsp3) is 0.292. The van der Waals surface area contributed by atoms with Crippen LogP contribution in [0.25, 0.3) is 17.2 Å². The fourth-order valence-electron chi connectivity index (χ4n) is 4.31. The summed E-state index contributed by atoms with van der Waals surface area (Å²) in [6.07, 6.45) is 7.00. The number of anilines is 2. The van der Waals surface area contributed by atoms with E-state index in [9.17, 15) is 14.3 Å². The van der Waals surface area contributed by atoms with Crippen molar-refractivity contribution in [3.05, 3.63) is 59.4 Å². The summed E-state index contributed by atoms with van der Waals surface area (Å²) in [6.45, 7) is 5.92. The first-order chi connectivity index (χ1) is 16.2. The van der Waals surface area contributed by atoms with Crippen molar-refractivity contribution < 1.29 is 14.3 Å². The molecule has 0 spiro atoms. The Labute approximate surface area is 194 Å². The molecule has 1 amide bonds. The minimum Gasteiger partial charge on any atom is -0.505 e. The Morgan fingerprint density at radius 1 is 1.26 bits per heavy atom. The molecule has 174 valence electrons. The molecule has 4 N–H and O–H groups in total. The third-order valence-electron chi connectivity index (χ3n) is 6.28. The Hall–Kier alpha value is -4.08. The number of fused-ring (bicyclic) bond motifs is 2. The summed E-state index contributed by atoms with van der Waals surface area (Å²) in [7, 11) is 0. The number of carbonyl (C=O) groups is 1. The van der Waals surface area contributed by atoms with Gasteiger partial charge in [-0.3, -0.25) is 4.79 Å². The average Bonchev–Trinajstić information content (AvgIpc) is 3.36. The van der Waals surface area contributed by atoms with Crippen LogP contribution in [0, 0.1) is 11.7 Å². The van der Waals surface area contributed by atoms with E-state index in [2.05, 4.69) is 34.1 Å². The number of aromatic hydroxyl groups is 1. The van der Waals surface area contributed by atoms with Gasteiger partial charge in [0.25, 0.3) is 0 Å². The van der Waals surface area contributed by atoms with Crippen LogP contribution in [0.4, 0.5) is 16.0 Å². The summed E-state index contributed by atoms with van der Waals surface area (Å²) in [5.41, 5.74) is 7.81. The molecule has 0 fully saturated rings. The van der Waals surface area contributed by atoms with E-state index in [1.807, 2.05) is 10.6 Å². The molecule has 1 atom stereocenters. The number of benzene rings is 1. The van der Waals surface area contributed by atoms with Crippen LogP contribution in [0.5, 0.6) is 5.75 Å². The quantitative estimate of drug-likeness (QED) is 0.415. The highest BCUT2D eigenvalue weighted by Crippen LogP contribution is 2.45.